The smallest absolute Gasteiger partial charge is 0.275 e. The molecule has 2 aromatic rings. The molecule has 1 atom stereocenters. The first-order valence-corrected chi connectivity index (χ1v) is 9.73. The Hall–Kier alpha value is -2.51. The summed E-state index contributed by atoms with van der Waals surface area (Å²) in [6.07, 6.45) is 0. The van der Waals surface area contributed by atoms with Gasteiger partial charge in [-0.1, -0.05) is 32.0 Å². The van der Waals surface area contributed by atoms with Crippen LogP contribution in [0.3, 0.4) is 0 Å². The minimum absolute atomic E-state index is 0.0843. The van der Waals surface area contributed by atoms with Crippen LogP contribution in [0.25, 0.3) is 5.69 Å². The van der Waals surface area contributed by atoms with Crippen molar-refractivity contribution in [1.29, 1.82) is 0 Å². The van der Waals surface area contributed by atoms with Crippen molar-refractivity contribution in [2.24, 2.45) is 5.92 Å². The van der Waals surface area contributed by atoms with Gasteiger partial charge in [0, 0.05) is 37.4 Å². The van der Waals surface area contributed by atoms with Gasteiger partial charge in [-0.15, -0.1) is 0 Å². The number of rotatable bonds is 6. The molecule has 1 aromatic heterocycles. The van der Waals surface area contributed by atoms with E-state index < -0.39 is 5.91 Å². The van der Waals surface area contributed by atoms with Gasteiger partial charge < -0.3 is 10.1 Å². The number of carbonyl (C=O) groups is 1. The van der Waals surface area contributed by atoms with Gasteiger partial charge in [-0.25, -0.2) is 4.68 Å². The summed E-state index contributed by atoms with van der Waals surface area (Å²) in [6, 6.07) is 11.1. The highest BCUT2D eigenvalue weighted by Gasteiger charge is 2.25. The van der Waals surface area contributed by atoms with Gasteiger partial charge in [-0.05, 0) is 25.0 Å². The topological polar surface area (TPSA) is 76.5 Å². The second kappa shape index (κ2) is 9.12. The molecule has 0 radical (unpaired) electrons. The molecule has 0 aliphatic carbocycles. The van der Waals surface area contributed by atoms with Gasteiger partial charge in [-0.3, -0.25) is 14.5 Å². The molecule has 1 unspecified atom stereocenters. The zero-order valence-electron chi connectivity index (χ0n) is 16.7. The third-order valence-electron chi connectivity index (χ3n) is 5.08. The fourth-order valence-electron chi connectivity index (χ4n) is 3.51. The number of aryl methyl sites for hydroxylation is 1. The molecule has 1 N–H and O–H groups in total. The van der Waals surface area contributed by atoms with Crippen LogP contribution in [0.15, 0.2) is 41.2 Å². The van der Waals surface area contributed by atoms with Crippen molar-refractivity contribution in [2.45, 2.75) is 26.8 Å². The van der Waals surface area contributed by atoms with E-state index in [1.54, 1.807) is 11.6 Å². The lowest BCUT2D eigenvalue weighted by molar-refractivity contribution is 0.00671. The Morgan fingerprint density at radius 3 is 2.54 bits per heavy atom. The van der Waals surface area contributed by atoms with E-state index in [4.69, 9.17) is 4.74 Å². The molecule has 28 heavy (non-hydrogen) atoms. The zero-order valence-corrected chi connectivity index (χ0v) is 16.7. The van der Waals surface area contributed by atoms with Crippen LogP contribution in [-0.2, 0) is 4.74 Å². The Labute approximate surface area is 165 Å². The largest absolute Gasteiger partial charge is 0.379 e. The fraction of sp³-hybridized carbons (Fsp3) is 0.476. The van der Waals surface area contributed by atoms with E-state index in [9.17, 15) is 9.59 Å². The van der Waals surface area contributed by atoms with Crippen LogP contribution in [0.5, 0.6) is 0 Å². The number of hydrogen-bond acceptors (Lipinski definition) is 5. The summed E-state index contributed by atoms with van der Waals surface area (Å²) in [5, 5.41) is 7.26. The minimum Gasteiger partial charge on any atom is -0.379 e. The summed E-state index contributed by atoms with van der Waals surface area (Å²) in [6.45, 7) is 9.66. The van der Waals surface area contributed by atoms with Crippen molar-refractivity contribution in [2.75, 3.05) is 32.8 Å². The van der Waals surface area contributed by atoms with Crippen LogP contribution >= 0.6 is 0 Å². The molecule has 7 nitrogen and oxygen atoms in total. The number of ether oxygens (including phenoxy) is 1. The Morgan fingerprint density at radius 1 is 1.21 bits per heavy atom. The molecule has 0 spiro atoms. The van der Waals surface area contributed by atoms with E-state index in [1.807, 2.05) is 30.3 Å². The average Bonchev–Trinajstić information content (AvgIpc) is 2.69. The molecular formula is C21H28N4O3. The van der Waals surface area contributed by atoms with Gasteiger partial charge in [0.1, 0.15) is 0 Å². The van der Waals surface area contributed by atoms with E-state index in [2.05, 4.69) is 29.2 Å². The summed E-state index contributed by atoms with van der Waals surface area (Å²) >= 11 is 0. The number of nitrogens with zero attached hydrogens (tertiary/aromatic N) is 3. The maximum atomic E-state index is 12.7. The summed E-state index contributed by atoms with van der Waals surface area (Å²) in [4.78, 5) is 27.5. The predicted molar refractivity (Wildman–Crippen MR) is 108 cm³/mol. The number of carbonyl (C=O) groups excluding carboxylic acids is 1. The van der Waals surface area contributed by atoms with E-state index in [0.717, 1.165) is 18.8 Å². The van der Waals surface area contributed by atoms with Crippen molar-refractivity contribution in [3.05, 3.63) is 58.0 Å². The van der Waals surface area contributed by atoms with Gasteiger partial charge in [0.05, 0.1) is 18.9 Å². The molecule has 1 aliphatic rings. The van der Waals surface area contributed by atoms with Crippen molar-refractivity contribution in [3.63, 3.8) is 0 Å². The number of para-hydroxylation sites is 1. The lowest BCUT2D eigenvalue weighted by atomic mass is 10.0. The Kier molecular flexibility index (Phi) is 6.59. The highest BCUT2D eigenvalue weighted by atomic mass is 16.5. The molecule has 1 amide bonds. The predicted octanol–water partition coefficient (Wildman–Crippen LogP) is 1.63. The Morgan fingerprint density at radius 2 is 1.89 bits per heavy atom. The number of hydrogen-bond donors (Lipinski definition) is 1. The standard InChI is InChI=1S/C21H28N4O3/c1-15(2)18(24-9-11-28-12-10-24)14-22-21(27)20-19(26)13-16(3)25(23-20)17-7-5-4-6-8-17/h4-8,13,15,18H,9-12,14H2,1-3H3,(H,22,27). The highest BCUT2D eigenvalue weighted by molar-refractivity contribution is 5.92. The van der Waals surface area contributed by atoms with Crippen LogP contribution in [0.2, 0.25) is 0 Å². The van der Waals surface area contributed by atoms with E-state index in [-0.39, 0.29) is 17.2 Å². The normalized spacial score (nSPS) is 16.1. The molecule has 0 bridgehead atoms. The van der Waals surface area contributed by atoms with Crippen molar-refractivity contribution >= 4 is 5.91 Å². The Bertz CT molecular complexity index is 858. The molecule has 7 heteroatoms. The second-order valence-corrected chi connectivity index (χ2v) is 7.42. The quantitative estimate of drug-likeness (QED) is 0.819. The molecule has 1 saturated heterocycles. The highest BCUT2D eigenvalue weighted by Crippen LogP contribution is 2.12. The summed E-state index contributed by atoms with van der Waals surface area (Å²) in [7, 11) is 0. The van der Waals surface area contributed by atoms with E-state index in [0.29, 0.717) is 31.4 Å². The van der Waals surface area contributed by atoms with Gasteiger partial charge in [0.15, 0.2) is 5.69 Å². The SMILES string of the molecule is Cc1cc(=O)c(C(=O)NCC(C(C)C)N2CCOCC2)nn1-c1ccccc1. The van der Waals surface area contributed by atoms with Crippen molar-refractivity contribution in [1.82, 2.24) is 20.0 Å². The third-order valence-corrected chi connectivity index (χ3v) is 5.08. The summed E-state index contributed by atoms with van der Waals surface area (Å²) < 4.78 is 7.05. The molecule has 150 valence electrons. The molecule has 3 rings (SSSR count). The van der Waals surface area contributed by atoms with Crippen LogP contribution in [0.4, 0.5) is 0 Å². The maximum absolute atomic E-state index is 12.7. The number of amides is 1. The number of nitrogens with one attached hydrogen (secondary N) is 1. The lowest BCUT2D eigenvalue weighted by Gasteiger charge is -2.36. The van der Waals surface area contributed by atoms with Crippen LogP contribution < -0.4 is 10.7 Å². The average molecular weight is 384 g/mol. The van der Waals surface area contributed by atoms with Crippen LogP contribution in [0, 0.1) is 12.8 Å². The molecule has 1 aromatic carbocycles. The second-order valence-electron chi connectivity index (χ2n) is 7.42. The van der Waals surface area contributed by atoms with Crippen LogP contribution in [0.1, 0.15) is 30.0 Å². The molecule has 1 fully saturated rings. The fourth-order valence-corrected chi connectivity index (χ4v) is 3.51. The van der Waals surface area contributed by atoms with E-state index >= 15 is 0 Å². The van der Waals surface area contributed by atoms with Crippen molar-refractivity contribution in [3.8, 4) is 5.69 Å². The minimum atomic E-state index is -0.436. The first-order chi connectivity index (χ1) is 13.5. The molecule has 0 saturated carbocycles. The number of morpholine rings is 1. The van der Waals surface area contributed by atoms with Gasteiger partial charge >= 0.3 is 0 Å². The summed E-state index contributed by atoms with van der Waals surface area (Å²) in [5.41, 5.74) is 1.04. The monoisotopic (exact) mass is 384 g/mol. The number of aromatic nitrogens is 2. The number of benzene rings is 1. The first kappa shape index (κ1) is 20.2. The molecule has 2 heterocycles. The van der Waals surface area contributed by atoms with Crippen molar-refractivity contribution < 1.29 is 9.53 Å². The molecular weight excluding hydrogens is 356 g/mol. The van der Waals surface area contributed by atoms with Gasteiger partial charge in [-0.2, -0.15) is 5.10 Å². The first-order valence-electron chi connectivity index (χ1n) is 9.73. The van der Waals surface area contributed by atoms with Gasteiger partial charge in [0.2, 0.25) is 5.43 Å². The zero-order chi connectivity index (χ0) is 20.1. The summed E-state index contributed by atoms with van der Waals surface area (Å²) in [5.74, 6) is -0.0704. The van der Waals surface area contributed by atoms with Gasteiger partial charge in [0.25, 0.3) is 5.91 Å². The van der Waals surface area contributed by atoms with E-state index in [1.165, 1.54) is 6.07 Å². The third kappa shape index (κ3) is 4.66. The maximum Gasteiger partial charge on any atom is 0.275 e. The molecule has 1 aliphatic heterocycles. The lowest BCUT2D eigenvalue weighted by Crippen LogP contribution is -2.51. The Balaban J connectivity index is 1.77. The van der Waals surface area contributed by atoms with Crippen LogP contribution in [-0.4, -0.2) is 59.5 Å².